The van der Waals surface area contributed by atoms with E-state index in [0.717, 1.165) is 6.42 Å². The summed E-state index contributed by atoms with van der Waals surface area (Å²) in [6.45, 7) is 2.07. The molecular formula is C10H11NS. The monoisotopic (exact) mass is 177 g/mol. The number of hydrogen-bond donors (Lipinski definition) is 0. The number of hydrogen-bond acceptors (Lipinski definition) is 2. The highest BCUT2D eigenvalue weighted by atomic mass is 32.2. The minimum absolute atomic E-state index is 0.386. The van der Waals surface area contributed by atoms with Crippen LogP contribution in [0.25, 0.3) is 0 Å². The lowest BCUT2D eigenvalue weighted by Gasteiger charge is -2.04. The molecule has 0 saturated carbocycles. The van der Waals surface area contributed by atoms with Crippen molar-refractivity contribution in [3.05, 3.63) is 35.9 Å². The van der Waals surface area contributed by atoms with Crippen LogP contribution in [0, 0.1) is 10.7 Å². The normalized spacial score (nSPS) is 12.0. The maximum atomic E-state index is 8.43. The maximum absolute atomic E-state index is 8.43. The average molecular weight is 177 g/mol. The lowest BCUT2D eigenvalue weighted by molar-refractivity contribution is 0.947. The summed E-state index contributed by atoms with van der Waals surface area (Å²) in [5.41, 5.74) is 1.30. The third-order valence-corrected chi connectivity index (χ3v) is 2.29. The first-order valence-electron chi connectivity index (χ1n) is 3.91. The fourth-order valence-corrected chi connectivity index (χ4v) is 1.53. The van der Waals surface area contributed by atoms with Gasteiger partial charge in [-0.2, -0.15) is 5.26 Å². The lowest BCUT2D eigenvalue weighted by Crippen LogP contribution is -1.99. The van der Waals surface area contributed by atoms with E-state index in [0.29, 0.717) is 5.25 Å². The molecule has 1 aromatic carbocycles. The van der Waals surface area contributed by atoms with E-state index in [-0.39, 0.29) is 0 Å². The molecule has 0 saturated heterocycles. The Bertz CT molecular complexity index is 263. The summed E-state index contributed by atoms with van der Waals surface area (Å²) in [5, 5.41) is 10.9. The first kappa shape index (κ1) is 9.15. The summed E-state index contributed by atoms with van der Waals surface area (Å²) in [4.78, 5) is 0. The molecule has 0 aliphatic heterocycles. The number of rotatable bonds is 3. The molecule has 0 radical (unpaired) electrons. The van der Waals surface area contributed by atoms with E-state index in [4.69, 9.17) is 5.26 Å². The molecule has 0 aliphatic carbocycles. The molecule has 0 N–H and O–H groups in total. The fraction of sp³-hybridized carbons (Fsp3) is 0.300. The summed E-state index contributed by atoms with van der Waals surface area (Å²) in [6, 6.07) is 10.2. The van der Waals surface area contributed by atoms with Crippen molar-refractivity contribution in [3.63, 3.8) is 0 Å². The molecule has 62 valence electrons. The summed E-state index contributed by atoms with van der Waals surface area (Å²) in [7, 11) is 0. The number of thioether (sulfide) groups is 1. The molecule has 1 aromatic rings. The van der Waals surface area contributed by atoms with Crippen molar-refractivity contribution in [2.75, 3.05) is 0 Å². The Morgan fingerprint density at radius 3 is 2.67 bits per heavy atom. The van der Waals surface area contributed by atoms with Crippen LogP contribution in [0.5, 0.6) is 0 Å². The van der Waals surface area contributed by atoms with Crippen molar-refractivity contribution < 1.29 is 0 Å². The van der Waals surface area contributed by atoms with Crippen LogP contribution in [0.15, 0.2) is 30.3 Å². The van der Waals surface area contributed by atoms with Crippen molar-refractivity contribution in [2.45, 2.75) is 18.6 Å². The van der Waals surface area contributed by atoms with Gasteiger partial charge in [-0.3, -0.25) is 0 Å². The standard InChI is InChI=1S/C10H11NS/c1-9(12-8-11)7-10-5-3-2-4-6-10/h2-6,9H,7H2,1H3/t9-/m1/s1. The molecule has 0 fully saturated rings. The third kappa shape index (κ3) is 2.98. The average Bonchev–Trinajstić information content (AvgIpc) is 2.06. The number of benzene rings is 1. The molecule has 0 unspecified atom stereocenters. The maximum Gasteiger partial charge on any atom is 0.133 e. The van der Waals surface area contributed by atoms with Crippen LogP contribution >= 0.6 is 11.8 Å². The van der Waals surface area contributed by atoms with E-state index in [1.165, 1.54) is 17.3 Å². The first-order chi connectivity index (χ1) is 5.83. The number of nitriles is 1. The predicted octanol–water partition coefficient (Wildman–Crippen LogP) is 2.83. The van der Waals surface area contributed by atoms with Gasteiger partial charge in [-0.25, -0.2) is 0 Å². The van der Waals surface area contributed by atoms with Gasteiger partial charge in [0.2, 0.25) is 0 Å². The van der Waals surface area contributed by atoms with E-state index >= 15 is 0 Å². The minimum Gasteiger partial charge on any atom is -0.185 e. The Morgan fingerprint density at radius 1 is 1.42 bits per heavy atom. The van der Waals surface area contributed by atoms with Crippen LogP contribution in [-0.4, -0.2) is 5.25 Å². The minimum atomic E-state index is 0.386. The van der Waals surface area contributed by atoms with Gasteiger partial charge in [0.25, 0.3) is 0 Å². The van der Waals surface area contributed by atoms with Gasteiger partial charge in [-0.05, 0) is 23.7 Å². The summed E-state index contributed by atoms with van der Waals surface area (Å²) in [6.07, 6.45) is 0.971. The largest absolute Gasteiger partial charge is 0.185 e. The van der Waals surface area contributed by atoms with Gasteiger partial charge < -0.3 is 0 Å². The second kappa shape index (κ2) is 4.84. The highest BCUT2D eigenvalue weighted by Crippen LogP contribution is 2.13. The van der Waals surface area contributed by atoms with Crippen molar-refractivity contribution >= 4 is 11.8 Å². The Labute approximate surface area is 77.4 Å². The van der Waals surface area contributed by atoms with Crippen LogP contribution in [0.2, 0.25) is 0 Å². The zero-order chi connectivity index (χ0) is 8.81. The molecule has 1 nitrogen and oxygen atoms in total. The molecule has 1 rings (SSSR count). The molecule has 0 heterocycles. The molecule has 0 amide bonds. The molecule has 12 heavy (non-hydrogen) atoms. The van der Waals surface area contributed by atoms with Crippen molar-refractivity contribution in [1.82, 2.24) is 0 Å². The van der Waals surface area contributed by atoms with Crippen molar-refractivity contribution in [1.29, 1.82) is 5.26 Å². The van der Waals surface area contributed by atoms with Crippen LogP contribution in [0.3, 0.4) is 0 Å². The Balaban J connectivity index is 2.48. The van der Waals surface area contributed by atoms with E-state index in [2.05, 4.69) is 24.5 Å². The van der Waals surface area contributed by atoms with Crippen molar-refractivity contribution in [2.24, 2.45) is 0 Å². The molecule has 0 aliphatic rings. The Morgan fingerprint density at radius 2 is 2.08 bits per heavy atom. The highest BCUT2D eigenvalue weighted by Gasteiger charge is 2.02. The first-order valence-corrected chi connectivity index (χ1v) is 4.79. The van der Waals surface area contributed by atoms with E-state index in [1.807, 2.05) is 18.2 Å². The van der Waals surface area contributed by atoms with E-state index < -0.39 is 0 Å². The van der Waals surface area contributed by atoms with Crippen molar-refractivity contribution in [3.8, 4) is 5.40 Å². The van der Waals surface area contributed by atoms with Gasteiger partial charge in [0.1, 0.15) is 5.40 Å². The van der Waals surface area contributed by atoms with Gasteiger partial charge in [0.05, 0.1) is 0 Å². The quantitative estimate of drug-likeness (QED) is 0.663. The molecule has 0 bridgehead atoms. The van der Waals surface area contributed by atoms with Crippen LogP contribution in [0.1, 0.15) is 12.5 Å². The van der Waals surface area contributed by atoms with Gasteiger partial charge in [0, 0.05) is 5.25 Å². The lowest BCUT2D eigenvalue weighted by atomic mass is 10.1. The van der Waals surface area contributed by atoms with Crippen LogP contribution in [0.4, 0.5) is 0 Å². The van der Waals surface area contributed by atoms with Gasteiger partial charge in [-0.1, -0.05) is 37.3 Å². The Hall–Kier alpha value is -0.940. The second-order valence-corrected chi connectivity index (χ2v) is 3.93. The topological polar surface area (TPSA) is 23.8 Å². The number of nitrogens with zero attached hydrogens (tertiary/aromatic N) is 1. The van der Waals surface area contributed by atoms with E-state index in [9.17, 15) is 0 Å². The second-order valence-electron chi connectivity index (χ2n) is 2.71. The van der Waals surface area contributed by atoms with Gasteiger partial charge >= 0.3 is 0 Å². The summed E-state index contributed by atoms with van der Waals surface area (Å²) < 4.78 is 0. The SMILES string of the molecule is C[C@H](Cc1ccccc1)SC#N. The highest BCUT2D eigenvalue weighted by molar-refractivity contribution is 8.04. The van der Waals surface area contributed by atoms with Gasteiger partial charge in [-0.15, -0.1) is 0 Å². The smallest absolute Gasteiger partial charge is 0.133 e. The van der Waals surface area contributed by atoms with Crippen LogP contribution in [-0.2, 0) is 6.42 Å². The molecule has 2 heteroatoms. The summed E-state index contributed by atoms with van der Waals surface area (Å²) >= 11 is 1.33. The van der Waals surface area contributed by atoms with E-state index in [1.54, 1.807) is 0 Å². The molecule has 0 aromatic heterocycles. The fourth-order valence-electron chi connectivity index (χ4n) is 1.08. The van der Waals surface area contributed by atoms with Gasteiger partial charge in [0.15, 0.2) is 0 Å². The predicted molar refractivity (Wildman–Crippen MR) is 52.8 cm³/mol. The zero-order valence-corrected chi connectivity index (χ0v) is 7.84. The molecular weight excluding hydrogens is 166 g/mol. The summed E-state index contributed by atoms with van der Waals surface area (Å²) in [5.74, 6) is 0. The van der Waals surface area contributed by atoms with Crippen LogP contribution < -0.4 is 0 Å². The number of thiocyanates is 1. The Kier molecular flexibility index (Phi) is 3.69. The molecule has 0 spiro atoms. The third-order valence-electron chi connectivity index (χ3n) is 1.62. The zero-order valence-electron chi connectivity index (χ0n) is 7.03. The molecule has 1 atom stereocenters.